The van der Waals surface area contributed by atoms with Gasteiger partial charge in [0.2, 0.25) is 0 Å². The van der Waals surface area contributed by atoms with Crippen molar-refractivity contribution < 1.29 is 4.79 Å². The largest absolute Gasteiger partial charge is 0.357 e. The Labute approximate surface area is 152 Å². The topological polar surface area (TPSA) is 73.9 Å². The Morgan fingerprint density at radius 1 is 1.12 bits per heavy atom. The van der Waals surface area contributed by atoms with E-state index in [1.807, 2.05) is 31.2 Å². The van der Waals surface area contributed by atoms with Crippen molar-refractivity contribution in [2.45, 2.75) is 32.6 Å². The molecule has 1 aliphatic heterocycles. The molecule has 0 bridgehead atoms. The van der Waals surface area contributed by atoms with E-state index in [1.54, 1.807) is 12.4 Å². The number of rotatable bonds is 3. The molecule has 0 spiro atoms. The zero-order chi connectivity index (χ0) is 17.9. The molecule has 0 saturated carbocycles. The lowest BCUT2D eigenvalue weighted by Gasteiger charge is -2.21. The van der Waals surface area contributed by atoms with Gasteiger partial charge in [-0.15, -0.1) is 0 Å². The number of aryl methyl sites for hydroxylation is 1. The van der Waals surface area contributed by atoms with Gasteiger partial charge in [0.05, 0.1) is 17.3 Å². The summed E-state index contributed by atoms with van der Waals surface area (Å²) >= 11 is 0. The molecule has 1 fully saturated rings. The molecule has 1 aromatic carbocycles. The Balaban J connectivity index is 1.49. The molecular weight excluding hydrogens is 326 g/mol. The van der Waals surface area contributed by atoms with Gasteiger partial charge in [-0.25, -0.2) is 4.98 Å². The Kier molecular flexibility index (Phi) is 4.56. The van der Waals surface area contributed by atoms with Crippen LogP contribution in [0, 0.1) is 6.92 Å². The summed E-state index contributed by atoms with van der Waals surface area (Å²) < 4.78 is 0. The molecule has 1 saturated heterocycles. The first-order valence-electron chi connectivity index (χ1n) is 9.17. The molecule has 1 aliphatic rings. The first kappa shape index (κ1) is 16.6. The summed E-state index contributed by atoms with van der Waals surface area (Å²) in [6.45, 7) is 4.06. The van der Waals surface area contributed by atoms with Crippen LogP contribution in [0.25, 0.3) is 10.9 Å². The first-order valence-corrected chi connectivity index (χ1v) is 9.17. The fraction of sp³-hybridized carbons (Fsp3) is 0.350. The highest BCUT2D eigenvalue weighted by atomic mass is 16.1. The number of hydrogen-bond acceptors (Lipinski definition) is 4. The Morgan fingerprint density at radius 2 is 1.92 bits per heavy atom. The third kappa shape index (κ3) is 3.40. The average Bonchev–Trinajstić information content (AvgIpc) is 2.93. The standard InChI is InChI=1S/C20H23N5O/c1-14-10-18-16(13-22-24-18)11-17(14)23-20(26)15-6-7-19(21-12-15)25-8-4-2-3-5-9-25/h6-7,10-13H,2-5,8-9H2,1H3,(H,22,24)(H,23,26). The number of amides is 1. The Bertz CT molecular complexity index is 908. The van der Waals surface area contributed by atoms with E-state index in [4.69, 9.17) is 0 Å². The second kappa shape index (κ2) is 7.15. The van der Waals surface area contributed by atoms with Crippen molar-refractivity contribution >= 4 is 28.3 Å². The number of pyridine rings is 1. The van der Waals surface area contributed by atoms with Crippen LogP contribution < -0.4 is 10.2 Å². The van der Waals surface area contributed by atoms with Gasteiger partial charge in [0.25, 0.3) is 5.91 Å². The fourth-order valence-electron chi connectivity index (χ4n) is 3.44. The minimum Gasteiger partial charge on any atom is -0.357 e. The highest BCUT2D eigenvalue weighted by molar-refractivity contribution is 6.05. The molecule has 3 aromatic rings. The lowest BCUT2D eigenvalue weighted by molar-refractivity contribution is 0.102. The summed E-state index contributed by atoms with van der Waals surface area (Å²) in [5.74, 6) is 0.810. The lowest BCUT2D eigenvalue weighted by atomic mass is 10.1. The first-order chi connectivity index (χ1) is 12.7. The second-order valence-electron chi connectivity index (χ2n) is 6.88. The zero-order valence-electron chi connectivity index (χ0n) is 15.0. The van der Waals surface area contributed by atoms with Crippen LogP contribution in [-0.4, -0.2) is 34.2 Å². The minimum absolute atomic E-state index is 0.147. The van der Waals surface area contributed by atoms with E-state index in [-0.39, 0.29) is 5.91 Å². The number of anilines is 2. The van der Waals surface area contributed by atoms with Crippen LogP contribution in [0.3, 0.4) is 0 Å². The summed E-state index contributed by atoms with van der Waals surface area (Å²) in [5.41, 5.74) is 3.31. The molecule has 6 nitrogen and oxygen atoms in total. The van der Waals surface area contributed by atoms with Crippen LogP contribution in [0.1, 0.15) is 41.6 Å². The van der Waals surface area contributed by atoms with E-state index in [1.165, 1.54) is 25.7 Å². The number of aromatic nitrogens is 3. The number of aromatic amines is 1. The van der Waals surface area contributed by atoms with Gasteiger partial charge in [0.1, 0.15) is 5.82 Å². The van der Waals surface area contributed by atoms with E-state index in [0.717, 1.165) is 41.1 Å². The molecule has 0 unspecified atom stereocenters. The third-order valence-electron chi connectivity index (χ3n) is 4.97. The number of hydrogen-bond donors (Lipinski definition) is 2. The Hall–Kier alpha value is -2.89. The number of nitrogens with zero attached hydrogens (tertiary/aromatic N) is 3. The third-order valence-corrected chi connectivity index (χ3v) is 4.97. The summed E-state index contributed by atoms with van der Waals surface area (Å²) in [7, 11) is 0. The second-order valence-corrected chi connectivity index (χ2v) is 6.88. The Morgan fingerprint density at radius 3 is 2.65 bits per heavy atom. The number of H-pyrrole nitrogens is 1. The molecule has 3 heterocycles. The highest BCUT2D eigenvalue weighted by Crippen LogP contribution is 2.23. The van der Waals surface area contributed by atoms with Crippen molar-refractivity contribution in [1.29, 1.82) is 0 Å². The number of carbonyl (C=O) groups excluding carboxylic acids is 1. The molecule has 26 heavy (non-hydrogen) atoms. The molecule has 0 atom stereocenters. The minimum atomic E-state index is -0.147. The smallest absolute Gasteiger partial charge is 0.257 e. The van der Waals surface area contributed by atoms with Gasteiger partial charge in [0.15, 0.2) is 0 Å². The van der Waals surface area contributed by atoms with Gasteiger partial charge in [-0.2, -0.15) is 5.10 Å². The maximum atomic E-state index is 12.6. The maximum Gasteiger partial charge on any atom is 0.257 e. The monoisotopic (exact) mass is 349 g/mol. The predicted molar refractivity (Wildman–Crippen MR) is 104 cm³/mol. The van der Waals surface area contributed by atoms with Crippen molar-refractivity contribution in [1.82, 2.24) is 15.2 Å². The van der Waals surface area contributed by atoms with Crippen LogP contribution in [0.2, 0.25) is 0 Å². The molecular formula is C20H23N5O. The normalized spacial score (nSPS) is 15.0. The number of benzene rings is 1. The molecule has 2 aromatic heterocycles. The van der Waals surface area contributed by atoms with Crippen LogP contribution in [-0.2, 0) is 0 Å². The quantitative estimate of drug-likeness (QED) is 0.752. The molecule has 0 aliphatic carbocycles. The van der Waals surface area contributed by atoms with Crippen molar-refractivity contribution in [3.8, 4) is 0 Å². The van der Waals surface area contributed by atoms with Gasteiger partial charge in [0, 0.05) is 30.4 Å². The van der Waals surface area contributed by atoms with Gasteiger partial charge in [-0.05, 0) is 49.6 Å². The lowest BCUT2D eigenvalue weighted by Crippen LogP contribution is -2.25. The van der Waals surface area contributed by atoms with E-state index in [2.05, 4.69) is 25.4 Å². The molecule has 1 amide bonds. The van der Waals surface area contributed by atoms with Gasteiger partial charge >= 0.3 is 0 Å². The van der Waals surface area contributed by atoms with Gasteiger partial charge in [-0.3, -0.25) is 9.89 Å². The number of nitrogens with one attached hydrogen (secondary N) is 2. The fourth-order valence-corrected chi connectivity index (χ4v) is 3.44. The number of carbonyl (C=O) groups is 1. The maximum absolute atomic E-state index is 12.6. The zero-order valence-corrected chi connectivity index (χ0v) is 15.0. The summed E-state index contributed by atoms with van der Waals surface area (Å²) in [4.78, 5) is 19.4. The predicted octanol–water partition coefficient (Wildman–Crippen LogP) is 3.90. The summed E-state index contributed by atoms with van der Waals surface area (Å²) in [5, 5.41) is 10.9. The molecule has 0 radical (unpaired) electrons. The van der Waals surface area contributed by atoms with E-state index >= 15 is 0 Å². The van der Waals surface area contributed by atoms with Crippen molar-refractivity contribution in [3.63, 3.8) is 0 Å². The molecule has 2 N–H and O–H groups in total. The highest BCUT2D eigenvalue weighted by Gasteiger charge is 2.13. The van der Waals surface area contributed by atoms with Gasteiger partial charge in [-0.1, -0.05) is 12.8 Å². The molecule has 6 heteroatoms. The van der Waals surface area contributed by atoms with Gasteiger partial charge < -0.3 is 10.2 Å². The van der Waals surface area contributed by atoms with Crippen LogP contribution in [0.5, 0.6) is 0 Å². The van der Waals surface area contributed by atoms with Crippen molar-refractivity contribution in [2.75, 3.05) is 23.3 Å². The SMILES string of the molecule is Cc1cc2[nH]ncc2cc1NC(=O)c1ccc(N2CCCCCC2)nc1. The van der Waals surface area contributed by atoms with E-state index in [9.17, 15) is 4.79 Å². The molecule has 134 valence electrons. The van der Waals surface area contributed by atoms with Crippen LogP contribution in [0.15, 0.2) is 36.7 Å². The van der Waals surface area contributed by atoms with E-state index in [0.29, 0.717) is 5.56 Å². The summed E-state index contributed by atoms with van der Waals surface area (Å²) in [6.07, 6.45) is 8.41. The van der Waals surface area contributed by atoms with Crippen LogP contribution in [0.4, 0.5) is 11.5 Å². The van der Waals surface area contributed by atoms with Crippen LogP contribution >= 0.6 is 0 Å². The van der Waals surface area contributed by atoms with Crippen molar-refractivity contribution in [3.05, 3.63) is 47.8 Å². The molecule has 4 rings (SSSR count). The van der Waals surface area contributed by atoms with Crippen molar-refractivity contribution in [2.24, 2.45) is 0 Å². The average molecular weight is 349 g/mol. The van der Waals surface area contributed by atoms with E-state index < -0.39 is 0 Å². The summed E-state index contributed by atoms with van der Waals surface area (Å²) in [6, 6.07) is 7.73. The number of fused-ring (bicyclic) bond motifs is 1.